The molecule has 1 amide bonds. The van der Waals surface area contributed by atoms with Gasteiger partial charge in [-0.15, -0.1) is 0 Å². The summed E-state index contributed by atoms with van der Waals surface area (Å²) in [5.74, 6) is 0.183. The molecule has 0 unspecified atom stereocenters. The van der Waals surface area contributed by atoms with Crippen molar-refractivity contribution in [1.29, 1.82) is 0 Å². The lowest BCUT2D eigenvalue weighted by atomic mass is 10.2. The van der Waals surface area contributed by atoms with Crippen molar-refractivity contribution in [2.45, 2.75) is 38.6 Å². The van der Waals surface area contributed by atoms with Gasteiger partial charge in [0.05, 0.1) is 18.2 Å². The van der Waals surface area contributed by atoms with E-state index in [9.17, 15) is 18.0 Å². The van der Waals surface area contributed by atoms with Gasteiger partial charge in [-0.25, -0.2) is 14.8 Å². The van der Waals surface area contributed by atoms with Gasteiger partial charge in [-0.3, -0.25) is 4.90 Å². The van der Waals surface area contributed by atoms with E-state index in [0.717, 1.165) is 12.4 Å². The molecular formula is C16H23F3N4O3. The molecule has 26 heavy (non-hydrogen) atoms. The fourth-order valence-corrected chi connectivity index (χ4v) is 2.56. The van der Waals surface area contributed by atoms with Gasteiger partial charge in [-0.1, -0.05) is 0 Å². The molecule has 7 nitrogen and oxygen atoms in total. The van der Waals surface area contributed by atoms with Crippen LogP contribution in [0.25, 0.3) is 0 Å². The Labute approximate surface area is 150 Å². The highest BCUT2D eigenvalue weighted by Gasteiger charge is 2.35. The maximum atomic E-state index is 12.6. The lowest BCUT2D eigenvalue weighted by molar-refractivity contribution is -0.138. The SMILES string of the molecule is COC[C@@H]1CN(c2ncc(C(F)(F)F)cn2)CCN1C(=O)OC(C)(C)C. The number of anilines is 1. The number of methoxy groups -OCH3 is 1. The first kappa shape index (κ1) is 20.2. The third-order valence-electron chi connectivity index (χ3n) is 3.72. The summed E-state index contributed by atoms with van der Waals surface area (Å²) in [6.45, 7) is 6.64. The second-order valence-corrected chi connectivity index (χ2v) is 7.00. The number of rotatable bonds is 3. The van der Waals surface area contributed by atoms with Gasteiger partial charge in [-0.05, 0) is 20.8 Å². The number of nitrogens with zero attached hydrogens (tertiary/aromatic N) is 4. The smallest absolute Gasteiger partial charge is 0.419 e. The van der Waals surface area contributed by atoms with Crippen LogP contribution in [0.4, 0.5) is 23.9 Å². The Kier molecular flexibility index (Phi) is 5.94. The first-order valence-electron chi connectivity index (χ1n) is 8.14. The van der Waals surface area contributed by atoms with Crippen molar-refractivity contribution in [3.05, 3.63) is 18.0 Å². The van der Waals surface area contributed by atoms with Crippen LogP contribution in [0.15, 0.2) is 12.4 Å². The van der Waals surface area contributed by atoms with Gasteiger partial charge in [0.2, 0.25) is 5.95 Å². The molecule has 10 heteroatoms. The Balaban J connectivity index is 2.10. The molecule has 146 valence electrons. The molecule has 1 aromatic rings. The fourth-order valence-electron chi connectivity index (χ4n) is 2.56. The monoisotopic (exact) mass is 376 g/mol. The summed E-state index contributed by atoms with van der Waals surface area (Å²) in [4.78, 5) is 23.3. The second kappa shape index (κ2) is 7.65. The minimum Gasteiger partial charge on any atom is -0.444 e. The van der Waals surface area contributed by atoms with Gasteiger partial charge < -0.3 is 14.4 Å². The maximum Gasteiger partial charge on any atom is 0.419 e. The zero-order valence-electron chi connectivity index (χ0n) is 15.2. The van der Waals surface area contributed by atoms with Gasteiger partial charge >= 0.3 is 12.3 Å². The van der Waals surface area contributed by atoms with Crippen molar-refractivity contribution in [3.63, 3.8) is 0 Å². The van der Waals surface area contributed by atoms with Crippen LogP contribution < -0.4 is 4.90 Å². The molecule has 1 fully saturated rings. The van der Waals surface area contributed by atoms with Crippen LogP contribution in [0.1, 0.15) is 26.3 Å². The van der Waals surface area contributed by atoms with Gasteiger partial charge in [0.1, 0.15) is 5.60 Å². The Bertz CT molecular complexity index is 617. The minimum absolute atomic E-state index is 0.183. The molecule has 1 aliphatic heterocycles. The quantitative estimate of drug-likeness (QED) is 0.808. The second-order valence-electron chi connectivity index (χ2n) is 7.00. The van der Waals surface area contributed by atoms with Gasteiger partial charge in [0, 0.05) is 39.1 Å². The summed E-state index contributed by atoms with van der Waals surface area (Å²) in [6, 6.07) is -0.325. The number of amides is 1. The zero-order chi connectivity index (χ0) is 19.5. The van der Waals surface area contributed by atoms with Crippen LogP contribution in [0.2, 0.25) is 0 Å². The number of carbonyl (C=O) groups excluding carboxylic acids is 1. The largest absolute Gasteiger partial charge is 0.444 e. The van der Waals surface area contributed by atoms with E-state index < -0.39 is 23.4 Å². The molecule has 0 aliphatic carbocycles. The fraction of sp³-hybridized carbons (Fsp3) is 0.688. The van der Waals surface area contributed by atoms with Crippen LogP contribution >= 0.6 is 0 Å². The number of halogens is 3. The molecule has 1 aliphatic rings. The number of ether oxygens (including phenoxy) is 2. The lowest BCUT2D eigenvalue weighted by Crippen LogP contribution is -2.58. The highest BCUT2D eigenvalue weighted by atomic mass is 19.4. The summed E-state index contributed by atoms with van der Waals surface area (Å²) in [5.41, 5.74) is -1.52. The number of hydrogen-bond acceptors (Lipinski definition) is 6. The van der Waals surface area contributed by atoms with Gasteiger partial charge in [0.25, 0.3) is 0 Å². The van der Waals surface area contributed by atoms with E-state index in [1.54, 1.807) is 30.6 Å². The zero-order valence-corrected chi connectivity index (χ0v) is 15.2. The van der Waals surface area contributed by atoms with Crippen LogP contribution in [0.5, 0.6) is 0 Å². The molecule has 0 bridgehead atoms. The van der Waals surface area contributed by atoms with Crippen LogP contribution in [0.3, 0.4) is 0 Å². The van der Waals surface area contributed by atoms with Crippen molar-refractivity contribution in [1.82, 2.24) is 14.9 Å². The van der Waals surface area contributed by atoms with Crippen molar-refractivity contribution in [2.24, 2.45) is 0 Å². The number of alkyl halides is 3. The number of carbonyl (C=O) groups is 1. The molecule has 2 heterocycles. The van der Waals surface area contributed by atoms with Crippen molar-refractivity contribution in [3.8, 4) is 0 Å². The van der Waals surface area contributed by atoms with Crippen LogP contribution in [-0.4, -0.2) is 66.0 Å². The summed E-state index contributed by atoms with van der Waals surface area (Å²) in [7, 11) is 1.51. The first-order chi connectivity index (χ1) is 12.0. The van der Waals surface area contributed by atoms with Crippen molar-refractivity contribution < 1.29 is 27.4 Å². The van der Waals surface area contributed by atoms with Crippen LogP contribution in [0, 0.1) is 0 Å². The first-order valence-corrected chi connectivity index (χ1v) is 8.14. The predicted octanol–water partition coefficient (Wildman–Crippen LogP) is 2.57. The average molecular weight is 376 g/mol. The summed E-state index contributed by atoms with van der Waals surface area (Å²) in [6.07, 6.45) is -3.42. The summed E-state index contributed by atoms with van der Waals surface area (Å²) < 4.78 is 48.5. The van der Waals surface area contributed by atoms with Crippen LogP contribution in [-0.2, 0) is 15.7 Å². The third-order valence-corrected chi connectivity index (χ3v) is 3.72. The average Bonchev–Trinajstić information content (AvgIpc) is 2.53. The van der Waals surface area contributed by atoms with E-state index in [1.807, 2.05) is 0 Å². The predicted molar refractivity (Wildman–Crippen MR) is 87.9 cm³/mol. The standard InChI is InChI=1S/C16H23F3N4O3/c1-15(2,3)26-14(24)23-6-5-22(9-12(23)10-25-4)13-20-7-11(8-21-13)16(17,18)19/h7-8,12H,5-6,9-10H2,1-4H3/t12-/m0/s1. The molecule has 0 spiro atoms. The topological polar surface area (TPSA) is 67.8 Å². The van der Waals surface area contributed by atoms with E-state index in [0.29, 0.717) is 19.6 Å². The molecule has 1 aromatic heterocycles. The number of aromatic nitrogens is 2. The van der Waals surface area contributed by atoms with E-state index >= 15 is 0 Å². The van der Waals surface area contributed by atoms with Crippen molar-refractivity contribution >= 4 is 12.0 Å². The molecule has 0 aromatic carbocycles. The van der Waals surface area contributed by atoms with E-state index in [2.05, 4.69) is 9.97 Å². The Morgan fingerprint density at radius 1 is 1.23 bits per heavy atom. The van der Waals surface area contributed by atoms with E-state index in [1.165, 1.54) is 7.11 Å². The number of piperazine rings is 1. The molecular weight excluding hydrogens is 353 g/mol. The minimum atomic E-state index is -4.48. The van der Waals surface area contributed by atoms with E-state index in [4.69, 9.17) is 9.47 Å². The van der Waals surface area contributed by atoms with E-state index in [-0.39, 0.29) is 18.6 Å². The molecule has 0 radical (unpaired) electrons. The summed E-state index contributed by atoms with van der Waals surface area (Å²) >= 11 is 0. The Morgan fingerprint density at radius 2 is 1.85 bits per heavy atom. The summed E-state index contributed by atoms with van der Waals surface area (Å²) in [5, 5.41) is 0. The molecule has 1 saturated heterocycles. The highest BCUT2D eigenvalue weighted by molar-refractivity contribution is 5.69. The van der Waals surface area contributed by atoms with Crippen molar-refractivity contribution in [2.75, 3.05) is 38.3 Å². The molecule has 0 saturated carbocycles. The lowest BCUT2D eigenvalue weighted by Gasteiger charge is -2.41. The Hall–Kier alpha value is -2.10. The molecule has 0 N–H and O–H groups in total. The van der Waals surface area contributed by atoms with Gasteiger partial charge in [0.15, 0.2) is 0 Å². The number of hydrogen-bond donors (Lipinski definition) is 0. The Morgan fingerprint density at radius 3 is 2.35 bits per heavy atom. The molecule has 1 atom stereocenters. The maximum absolute atomic E-state index is 12.6. The normalized spacial score (nSPS) is 18.8. The van der Waals surface area contributed by atoms with Gasteiger partial charge in [-0.2, -0.15) is 13.2 Å². The third kappa shape index (κ3) is 5.20. The molecule has 2 rings (SSSR count). The highest BCUT2D eigenvalue weighted by Crippen LogP contribution is 2.28.